The summed E-state index contributed by atoms with van der Waals surface area (Å²) in [6, 6.07) is 1.17. The third-order valence-corrected chi connectivity index (χ3v) is 6.41. The van der Waals surface area contributed by atoms with E-state index >= 15 is 0 Å². The van der Waals surface area contributed by atoms with Crippen molar-refractivity contribution in [1.82, 2.24) is 19.9 Å². The molecule has 1 aliphatic carbocycles. The van der Waals surface area contributed by atoms with Crippen LogP contribution in [0.3, 0.4) is 0 Å². The van der Waals surface area contributed by atoms with E-state index in [1.807, 2.05) is 0 Å². The molecular weight excluding hydrogens is 421 g/mol. The standard InChI is InChI=1S/C20H24F5N5O/c21-19(22)3-1-12(2-4-19)17(26)15-10-30-16(29-15)6-11(8-28-30)5-13-7-14(20(23,24)25)9-27-18(13)31/h6,8,10,12-14,17H,1-5,7,9,26H2,(H,27,31)/t13-,14?,17-/m0/s1. The van der Waals surface area contributed by atoms with E-state index in [2.05, 4.69) is 15.4 Å². The van der Waals surface area contributed by atoms with Gasteiger partial charge in [0.15, 0.2) is 5.65 Å². The van der Waals surface area contributed by atoms with Gasteiger partial charge in [0.1, 0.15) is 0 Å². The molecule has 6 nitrogen and oxygen atoms in total. The number of hydrogen-bond acceptors (Lipinski definition) is 4. The molecule has 0 radical (unpaired) electrons. The Labute approximate surface area is 175 Å². The quantitative estimate of drug-likeness (QED) is 0.707. The zero-order chi connectivity index (χ0) is 22.4. The Bertz CT molecular complexity index is 949. The molecule has 2 aliphatic rings. The predicted octanol–water partition coefficient (Wildman–Crippen LogP) is 3.41. The maximum absolute atomic E-state index is 13.4. The van der Waals surface area contributed by atoms with Crippen molar-refractivity contribution in [3.05, 3.63) is 29.7 Å². The van der Waals surface area contributed by atoms with Crippen molar-refractivity contribution in [2.24, 2.45) is 23.5 Å². The Hall–Kier alpha value is -2.30. The van der Waals surface area contributed by atoms with Crippen LogP contribution in [-0.2, 0) is 11.2 Å². The van der Waals surface area contributed by atoms with Gasteiger partial charge in [0.25, 0.3) is 0 Å². The van der Waals surface area contributed by atoms with Crippen LogP contribution in [0.4, 0.5) is 22.0 Å². The molecule has 31 heavy (non-hydrogen) atoms. The topological polar surface area (TPSA) is 85.3 Å². The average molecular weight is 445 g/mol. The van der Waals surface area contributed by atoms with Gasteiger partial charge in [-0.1, -0.05) is 0 Å². The zero-order valence-electron chi connectivity index (χ0n) is 16.7. The molecule has 2 aromatic heterocycles. The summed E-state index contributed by atoms with van der Waals surface area (Å²) < 4.78 is 67.4. The number of nitrogens with zero attached hydrogens (tertiary/aromatic N) is 3. The van der Waals surface area contributed by atoms with Crippen LogP contribution in [0.25, 0.3) is 5.65 Å². The van der Waals surface area contributed by atoms with Crippen molar-refractivity contribution in [1.29, 1.82) is 0 Å². The molecule has 1 amide bonds. The molecule has 1 saturated heterocycles. The number of nitrogens with one attached hydrogen (secondary N) is 1. The number of halogens is 5. The van der Waals surface area contributed by atoms with Gasteiger partial charge in [0, 0.05) is 25.3 Å². The van der Waals surface area contributed by atoms with Gasteiger partial charge in [-0.05, 0) is 43.2 Å². The highest BCUT2D eigenvalue weighted by atomic mass is 19.4. The molecule has 1 aliphatic heterocycles. The maximum Gasteiger partial charge on any atom is 0.393 e. The first-order valence-corrected chi connectivity index (χ1v) is 10.3. The molecule has 2 fully saturated rings. The fourth-order valence-corrected chi connectivity index (χ4v) is 4.48. The second kappa shape index (κ2) is 7.99. The zero-order valence-corrected chi connectivity index (χ0v) is 16.7. The SMILES string of the molecule is N[C@H](c1cn2ncc(C[C@H]3CC(C(F)(F)F)CNC3=O)cc2n1)C1CCC(F)(F)CC1. The summed E-state index contributed by atoms with van der Waals surface area (Å²) in [4.78, 5) is 16.5. The number of alkyl halides is 5. The molecule has 3 atom stereocenters. The Morgan fingerprint density at radius 1 is 1.29 bits per heavy atom. The maximum atomic E-state index is 13.4. The van der Waals surface area contributed by atoms with Crippen LogP contribution in [-0.4, -0.2) is 39.1 Å². The van der Waals surface area contributed by atoms with E-state index in [1.54, 1.807) is 12.3 Å². The lowest BCUT2D eigenvalue weighted by Crippen LogP contribution is -2.47. The summed E-state index contributed by atoms with van der Waals surface area (Å²) in [6.45, 7) is -0.398. The summed E-state index contributed by atoms with van der Waals surface area (Å²) in [5.41, 5.74) is 7.86. The Morgan fingerprint density at radius 2 is 2.00 bits per heavy atom. The highest BCUT2D eigenvalue weighted by Crippen LogP contribution is 2.40. The van der Waals surface area contributed by atoms with Crippen molar-refractivity contribution in [2.75, 3.05) is 6.54 Å². The number of carbonyl (C=O) groups is 1. The molecule has 4 rings (SSSR count). The smallest absolute Gasteiger partial charge is 0.355 e. The molecule has 3 N–H and O–H groups in total. The van der Waals surface area contributed by atoms with Crippen molar-refractivity contribution in [3.8, 4) is 0 Å². The van der Waals surface area contributed by atoms with Crippen molar-refractivity contribution in [2.45, 2.75) is 56.7 Å². The number of amides is 1. The van der Waals surface area contributed by atoms with Gasteiger partial charge in [-0.2, -0.15) is 18.3 Å². The first-order valence-electron chi connectivity index (χ1n) is 10.3. The number of rotatable bonds is 4. The number of aromatic nitrogens is 3. The number of imidazole rings is 1. The Balaban J connectivity index is 1.47. The van der Waals surface area contributed by atoms with Crippen molar-refractivity contribution < 1.29 is 26.7 Å². The van der Waals surface area contributed by atoms with E-state index in [1.165, 1.54) is 10.7 Å². The van der Waals surface area contributed by atoms with Crippen LogP contribution >= 0.6 is 0 Å². The molecule has 0 bridgehead atoms. The first kappa shape index (κ1) is 21.9. The van der Waals surface area contributed by atoms with Gasteiger partial charge in [0.2, 0.25) is 11.8 Å². The molecule has 2 aromatic rings. The van der Waals surface area contributed by atoms with Crippen LogP contribution in [0.5, 0.6) is 0 Å². The molecule has 170 valence electrons. The molecule has 1 unspecified atom stereocenters. The third kappa shape index (κ3) is 4.81. The number of nitrogens with two attached hydrogens (primary N) is 1. The Morgan fingerprint density at radius 3 is 2.68 bits per heavy atom. The fraction of sp³-hybridized carbons (Fsp3) is 0.650. The van der Waals surface area contributed by atoms with Gasteiger partial charge in [-0.25, -0.2) is 18.3 Å². The number of fused-ring (bicyclic) bond motifs is 1. The molecule has 3 heterocycles. The second-order valence-electron chi connectivity index (χ2n) is 8.67. The van der Waals surface area contributed by atoms with Gasteiger partial charge in [-0.15, -0.1) is 0 Å². The van der Waals surface area contributed by atoms with E-state index in [0.29, 0.717) is 29.7 Å². The van der Waals surface area contributed by atoms with E-state index in [0.717, 1.165) is 0 Å². The van der Waals surface area contributed by atoms with Crippen LogP contribution in [0.2, 0.25) is 0 Å². The summed E-state index contributed by atoms with van der Waals surface area (Å²) in [7, 11) is 0. The van der Waals surface area contributed by atoms with Gasteiger partial charge in [0.05, 0.1) is 30.0 Å². The lowest BCUT2D eigenvalue weighted by Gasteiger charge is -2.31. The van der Waals surface area contributed by atoms with Gasteiger partial charge >= 0.3 is 6.18 Å². The molecule has 0 spiro atoms. The molecule has 1 saturated carbocycles. The number of piperidine rings is 1. The Kier molecular flexibility index (Phi) is 5.65. The van der Waals surface area contributed by atoms with E-state index in [4.69, 9.17) is 5.73 Å². The average Bonchev–Trinajstić information content (AvgIpc) is 3.11. The summed E-state index contributed by atoms with van der Waals surface area (Å²) >= 11 is 0. The van der Waals surface area contributed by atoms with E-state index in [9.17, 15) is 26.7 Å². The normalized spacial score (nSPS) is 26.1. The highest BCUT2D eigenvalue weighted by molar-refractivity contribution is 5.79. The largest absolute Gasteiger partial charge is 0.393 e. The lowest BCUT2D eigenvalue weighted by molar-refractivity contribution is -0.183. The lowest BCUT2D eigenvalue weighted by atomic mass is 9.81. The minimum atomic E-state index is -4.36. The molecule has 11 heteroatoms. The summed E-state index contributed by atoms with van der Waals surface area (Å²) in [6.07, 6.45) is -1.11. The third-order valence-electron chi connectivity index (χ3n) is 6.41. The van der Waals surface area contributed by atoms with E-state index in [-0.39, 0.29) is 31.6 Å². The summed E-state index contributed by atoms with van der Waals surface area (Å²) in [5.74, 6) is -5.51. The van der Waals surface area contributed by atoms with Crippen molar-refractivity contribution >= 4 is 11.6 Å². The van der Waals surface area contributed by atoms with Crippen LogP contribution < -0.4 is 11.1 Å². The molecule has 0 aromatic carbocycles. The van der Waals surface area contributed by atoms with Crippen LogP contribution in [0, 0.1) is 17.8 Å². The predicted molar refractivity (Wildman–Crippen MR) is 101 cm³/mol. The number of hydrogen-bond donors (Lipinski definition) is 2. The fourth-order valence-electron chi connectivity index (χ4n) is 4.48. The van der Waals surface area contributed by atoms with Crippen LogP contribution in [0.15, 0.2) is 18.5 Å². The van der Waals surface area contributed by atoms with Gasteiger partial charge < -0.3 is 11.1 Å². The minimum absolute atomic E-state index is 0.103. The van der Waals surface area contributed by atoms with Gasteiger partial charge in [-0.3, -0.25) is 4.79 Å². The van der Waals surface area contributed by atoms with E-state index < -0.39 is 42.4 Å². The number of carbonyl (C=O) groups excluding carboxylic acids is 1. The second-order valence-corrected chi connectivity index (χ2v) is 8.67. The minimum Gasteiger partial charge on any atom is -0.355 e. The highest BCUT2D eigenvalue weighted by Gasteiger charge is 2.44. The first-order chi connectivity index (χ1) is 14.5. The monoisotopic (exact) mass is 445 g/mol. The molecular formula is C20H24F5N5O. The van der Waals surface area contributed by atoms with Crippen molar-refractivity contribution in [3.63, 3.8) is 0 Å². The summed E-state index contributed by atoms with van der Waals surface area (Å²) in [5, 5.41) is 6.57. The van der Waals surface area contributed by atoms with Crippen LogP contribution in [0.1, 0.15) is 49.4 Å².